The standard InChI is InChI=1S/C21H23N5O4S/c1-30-17-6-3-7-18-19(17)23-21(31-18)25-12-10-24(11-13-25)9-8-22-20(27)15-4-2-5-16(14-15)26(28)29/h2-7,14H,8-13H2,1H3,(H,22,27). The van der Waals surface area contributed by atoms with Crippen molar-refractivity contribution in [3.8, 4) is 5.75 Å². The van der Waals surface area contributed by atoms with Crippen molar-refractivity contribution in [3.05, 3.63) is 58.1 Å². The second-order valence-electron chi connectivity index (χ2n) is 7.20. The third kappa shape index (κ3) is 4.75. The lowest BCUT2D eigenvalue weighted by atomic mass is 10.2. The van der Waals surface area contributed by atoms with E-state index in [1.165, 1.54) is 18.2 Å². The molecule has 1 N–H and O–H groups in total. The van der Waals surface area contributed by atoms with Crippen LogP contribution in [-0.4, -0.2) is 67.1 Å². The van der Waals surface area contributed by atoms with Crippen LogP contribution in [-0.2, 0) is 0 Å². The molecule has 0 atom stereocenters. The van der Waals surface area contributed by atoms with Crippen molar-refractivity contribution >= 4 is 38.3 Å². The van der Waals surface area contributed by atoms with Crippen LogP contribution in [0.4, 0.5) is 10.8 Å². The Labute approximate surface area is 183 Å². The number of thiazole rings is 1. The summed E-state index contributed by atoms with van der Waals surface area (Å²) in [6.45, 7) is 4.68. The molecule has 162 valence electrons. The monoisotopic (exact) mass is 441 g/mol. The molecular weight excluding hydrogens is 418 g/mol. The van der Waals surface area contributed by atoms with E-state index in [9.17, 15) is 14.9 Å². The molecule has 1 aliphatic heterocycles. The number of hydrogen-bond acceptors (Lipinski definition) is 8. The number of ether oxygens (including phenoxy) is 1. The molecule has 10 heteroatoms. The number of methoxy groups -OCH3 is 1. The average Bonchev–Trinajstić information content (AvgIpc) is 3.24. The van der Waals surface area contributed by atoms with Crippen molar-refractivity contribution in [2.45, 2.75) is 0 Å². The van der Waals surface area contributed by atoms with Gasteiger partial charge >= 0.3 is 0 Å². The molecule has 0 unspecified atom stereocenters. The van der Waals surface area contributed by atoms with Gasteiger partial charge in [-0.1, -0.05) is 23.5 Å². The zero-order chi connectivity index (χ0) is 21.8. The molecule has 9 nitrogen and oxygen atoms in total. The average molecular weight is 442 g/mol. The largest absolute Gasteiger partial charge is 0.494 e. The van der Waals surface area contributed by atoms with Gasteiger partial charge in [-0.05, 0) is 18.2 Å². The van der Waals surface area contributed by atoms with Crippen LogP contribution in [0.25, 0.3) is 10.2 Å². The molecule has 1 fully saturated rings. The second kappa shape index (κ2) is 9.27. The highest BCUT2D eigenvalue weighted by molar-refractivity contribution is 7.22. The Morgan fingerprint density at radius 1 is 1.23 bits per heavy atom. The van der Waals surface area contributed by atoms with Crippen LogP contribution in [0, 0.1) is 10.1 Å². The predicted octanol–water partition coefficient (Wildman–Crippen LogP) is 2.77. The third-order valence-electron chi connectivity index (χ3n) is 5.27. The number of fused-ring (bicyclic) bond motifs is 1. The maximum atomic E-state index is 12.3. The highest BCUT2D eigenvalue weighted by atomic mass is 32.1. The molecule has 0 saturated carbocycles. The topological polar surface area (TPSA) is 101 Å². The van der Waals surface area contributed by atoms with E-state index in [0.717, 1.165) is 53.8 Å². The number of carbonyl (C=O) groups excluding carboxylic acids is 1. The first-order valence-corrected chi connectivity index (χ1v) is 10.8. The molecular formula is C21H23N5O4S. The van der Waals surface area contributed by atoms with E-state index in [2.05, 4.69) is 21.2 Å². The quantitative estimate of drug-likeness (QED) is 0.444. The maximum absolute atomic E-state index is 12.3. The molecule has 0 radical (unpaired) electrons. The number of nitro groups is 1. The number of rotatable bonds is 7. The molecule has 1 amide bonds. The SMILES string of the molecule is COc1cccc2sc(N3CCN(CCNC(=O)c4cccc([N+](=O)[O-])c4)CC3)nc12. The lowest BCUT2D eigenvalue weighted by Crippen LogP contribution is -2.48. The Kier molecular flexibility index (Phi) is 6.28. The van der Waals surface area contributed by atoms with E-state index in [4.69, 9.17) is 9.72 Å². The van der Waals surface area contributed by atoms with Crippen molar-refractivity contribution in [2.24, 2.45) is 0 Å². The molecule has 0 aliphatic carbocycles. The van der Waals surface area contributed by atoms with E-state index in [0.29, 0.717) is 12.1 Å². The number of nitrogens with one attached hydrogen (secondary N) is 1. The lowest BCUT2D eigenvalue weighted by Gasteiger charge is -2.34. The number of para-hydroxylation sites is 1. The van der Waals surface area contributed by atoms with Gasteiger partial charge in [0.25, 0.3) is 11.6 Å². The molecule has 2 aromatic carbocycles. The first kappa shape index (κ1) is 21.0. The minimum absolute atomic E-state index is 0.0868. The normalized spacial score (nSPS) is 14.5. The summed E-state index contributed by atoms with van der Waals surface area (Å²) in [5.74, 6) is 0.490. The number of aromatic nitrogens is 1. The fourth-order valence-electron chi connectivity index (χ4n) is 3.56. The predicted molar refractivity (Wildman–Crippen MR) is 120 cm³/mol. The zero-order valence-corrected chi connectivity index (χ0v) is 17.9. The van der Waals surface area contributed by atoms with Gasteiger partial charge in [-0.3, -0.25) is 19.8 Å². The van der Waals surface area contributed by atoms with Crippen LogP contribution >= 0.6 is 11.3 Å². The molecule has 1 aromatic heterocycles. The third-order valence-corrected chi connectivity index (χ3v) is 6.35. The minimum atomic E-state index is -0.502. The number of hydrogen-bond donors (Lipinski definition) is 1. The summed E-state index contributed by atoms with van der Waals surface area (Å²) in [5, 5.41) is 14.7. The van der Waals surface area contributed by atoms with Crippen molar-refractivity contribution in [1.29, 1.82) is 0 Å². The first-order chi connectivity index (χ1) is 15.0. The summed E-state index contributed by atoms with van der Waals surface area (Å²) in [7, 11) is 1.66. The summed E-state index contributed by atoms with van der Waals surface area (Å²) in [6, 6.07) is 11.7. The Bertz CT molecular complexity index is 1090. The Morgan fingerprint density at radius 2 is 2.00 bits per heavy atom. The van der Waals surface area contributed by atoms with Crippen LogP contribution in [0.1, 0.15) is 10.4 Å². The van der Waals surface area contributed by atoms with Gasteiger partial charge in [0.2, 0.25) is 0 Å². The van der Waals surface area contributed by atoms with Gasteiger partial charge in [-0.15, -0.1) is 0 Å². The zero-order valence-electron chi connectivity index (χ0n) is 17.1. The van der Waals surface area contributed by atoms with Gasteiger partial charge in [0, 0.05) is 57.0 Å². The first-order valence-electron chi connectivity index (χ1n) is 9.98. The minimum Gasteiger partial charge on any atom is -0.494 e. The number of nitro benzene ring substituents is 1. The lowest BCUT2D eigenvalue weighted by molar-refractivity contribution is -0.384. The Hall–Kier alpha value is -3.24. The van der Waals surface area contributed by atoms with Crippen LogP contribution in [0.15, 0.2) is 42.5 Å². The van der Waals surface area contributed by atoms with Crippen LogP contribution in [0.3, 0.4) is 0 Å². The van der Waals surface area contributed by atoms with E-state index in [1.54, 1.807) is 24.5 Å². The van der Waals surface area contributed by atoms with Crippen molar-refractivity contribution in [3.63, 3.8) is 0 Å². The summed E-state index contributed by atoms with van der Waals surface area (Å²) in [4.78, 5) is 32.0. The number of amides is 1. The molecule has 0 spiro atoms. The molecule has 0 bridgehead atoms. The number of anilines is 1. The number of non-ortho nitro benzene ring substituents is 1. The molecule has 3 aromatic rings. The van der Waals surface area contributed by atoms with Gasteiger partial charge in [0.1, 0.15) is 11.3 Å². The molecule has 2 heterocycles. The number of nitrogens with zero attached hydrogens (tertiary/aromatic N) is 4. The fourth-order valence-corrected chi connectivity index (χ4v) is 4.60. The van der Waals surface area contributed by atoms with Crippen molar-refractivity contribution < 1.29 is 14.5 Å². The van der Waals surface area contributed by atoms with Crippen LogP contribution in [0.2, 0.25) is 0 Å². The van der Waals surface area contributed by atoms with Gasteiger partial charge in [0.15, 0.2) is 5.13 Å². The maximum Gasteiger partial charge on any atom is 0.270 e. The summed E-state index contributed by atoms with van der Waals surface area (Å²) >= 11 is 1.67. The summed E-state index contributed by atoms with van der Waals surface area (Å²) in [5.41, 5.74) is 1.11. The number of carbonyl (C=O) groups is 1. The van der Waals surface area contributed by atoms with E-state index in [1.807, 2.05) is 12.1 Å². The van der Waals surface area contributed by atoms with E-state index < -0.39 is 4.92 Å². The highest BCUT2D eigenvalue weighted by Gasteiger charge is 2.21. The molecule has 31 heavy (non-hydrogen) atoms. The van der Waals surface area contributed by atoms with Gasteiger partial charge in [0.05, 0.1) is 16.7 Å². The summed E-state index contributed by atoms with van der Waals surface area (Å²) in [6.07, 6.45) is 0. The molecule has 1 saturated heterocycles. The molecule has 1 aliphatic rings. The van der Waals surface area contributed by atoms with Crippen LogP contribution < -0.4 is 15.0 Å². The fraction of sp³-hybridized carbons (Fsp3) is 0.333. The van der Waals surface area contributed by atoms with Gasteiger partial charge < -0.3 is 15.0 Å². The van der Waals surface area contributed by atoms with Gasteiger partial charge in [-0.25, -0.2) is 4.98 Å². The number of piperazine rings is 1. The Morgan fingerprint density at radius 3 is 2.74 bits per heavy atom. The summed E-state index contributed by atoms with van der Waals surface area (Å²) < 4.78 is 6.52. The van der Waals surface area contributed by atoms with E-state index >= 15 is 0 Å². The van der Waals surface area contributed by atoms with Crippen LogP contribution in [0.5, 0.6) is 5.75 Å². The molecule has 4 rings (SSSR count). The second-order valence-corrected chi connectivity index (χ2v) is 8.20. The Balaban J connectivity index is 1.27. The number of benzene rings is 2. The van der Waals surface area contributed by atoms with Crippen molar-refractivity contribution in [1.82, 2.24) is 15.2 Å². The highest BCUT2D eigenvalue weighted by Crippen LogP contribution is 2.34. The van der Waals surface area contributed by atoms with Crippen molar-refractivity contribution in [2.75, 3.05) is 51.3 Å². The smallest absolute Gasteiger partial charge is 0.270 e. The van der Waals surface area contributed by atoms with E-state index in [-0.39, 0.29) is 11.6 Å². The van der Waals surface area contributed by atoms with Gasteiger partial charge in [-0.2, -0.15) is 0 Å².